The van der Waals surface area contributed by atoms with E-state index in [1.807, 2.05) is 36.4 Å². The molecular weight excluding hydrogens is 421 g/mol. The van der Waals surface area contributed by atoms with Crippen LogP contribution in [-0.2, 0) is 17.9 Å². The number of pyridine rings is 1. The van der Waals surface area contributed by atoms with Crippen LogP contribution in [0.25, 0.3) is 0 Å². The second kappa shape index (κ2) is 11.1. The number of carbonyl (C=O) groups excluding carboxylic acids is 2. The number of amides is 2. The summed E-state index contributed by atoms with van der Waals surface area (Å²) in [6, 6.07) is 14.7. The van der Waals surface area contributed by atoms with E-state index in [0.717, 1.165) is 29.0 Å². The van der Waals surface area contributed by atoms with Crippen LogP contribution in [-0.4, -0.2) is 23.3 Å². The van der Waals surface area contributed by atoms with Gasteiger partial charge in [-0.1, -0.05) is 29.8 Å². The van der Waals surface area contributed by atoms with E-state index in [4.69, 9.17) is 16.3 Å². The van der Waals surface area contributed by atoms with Gasteiger partial charge in [0.15, 0.2) is 0 Å². The predicted octanol–water partition coefficient (Wildman–Crippen LogP) is 3.89. The maximum atomic E-state index is 13.0. The molecule has 0 atom stereocenters. The minimum absolute atomic E-state index is 0.0230. The molecule has 31 heavy (non-hydrogen) atoms. The van der Waals surface area contributed by atoms with E-state index in [2.05, 4.69) is 15.6 Å². The smallest absolute Gasteiger partial charge is 0.252 e. The Morgan fingerprint density at radius 3 is 2.55 bits per heavy atom. The number of halogens is 2. The first-order valence-electron chi connectivity index (χ1n) is 9.62. The first-order valence-corrected chi connectivity index (χ1v) is 9.99. The molecule has 0 saturated heterocycles. The molecule has 2 N–H and O–H groups in total. The summed E-state index contributed by atoms with van der Waals surface area (Å²) in [5.74, 6) is -0.461. The average molecular weight is 442 g/mol. The van der Waals surface area contributed by atoms with Crippen LogP contribution < -0.4 is 15.4 Å². The Balaban J connectivity index is 1.37. The van der Waals surface area contributed by atoms with E-state index in [1.54, 1.807) is 12.4 Å². The Labute approximate surface area is 184 Å². The van der Waals surface area contributed by atoms with E-state index in [0.29, 0.717) is 13.2 Å². The lowest BCUT2D eigenvalue weighted by Crippen LogP contribution is -2.30. The molecule has 0 saturated carbocycles. The lowest BCUT2D eigenvalue weighted by molar-refractivity contribution is -0.121. The average Bonchev–Trinajstić information content (AvgIpc) is 2.77. The van der Waals surface area contributed by atoms with Crippen LogP contribution in [0.1, 0.15) is 27.9 Å². The molecule has 0 aliphatic carbocycles. The van der Waals surface area contributed by atoms with Gasteiger partial charge in [0.1, 0.15) is 18.2 Å². The minimum atomic E-state index is -0.519. The van der Waals surface area contributed by atoms with Gasteiger partial charge in [-0.15, -0.1) is 0 Å². The summed E-state index contributed by atoms with van der Waals surface area (Å²) in [5.41, 5.74) is 2.06. The van der Waals surface area contributed by atoms with Gasteiger partial charge in [0, 0.05) is 37.5 Å². The molecule has 0 aliphatic heterocycles. The molecule has 1 heterocycles. The zero-order valence-electron chi connectivity index (χ0n) is 16.6. The van der Waals surface area contributed by atoms with Crippen LogP contribution in [0.3, 0.4) is 0 Å². The number of nitrogens with one attached hydrogen (secondary N) is 2. The van der Waals surface area contributed by atoms with Crippen molar-refractivity contribution in [3.8, 4) is 5.75 Å². The molecule has 6 nitrogen and oxygen atoms in total. The number of carbonyl (C=O) groups is 2. The maximum absolute atomic E-state index is 13.0. The van der Waals surface area contributed by atoms with Crippen LogP contribution in [0.5, 0.6) is 5.75 Å². The number of nitrogens with zero attached hydrogens (tertiary/aromatic N) is 1. The summed E-state index contributed by atoms with van der Waals surface area (Å²) >= 11 is 5.85. The summed E-state index contributed by atoms with van der Waals surface area (Å²) in [5, 5.41) is 5.41. The summed E-state index contributed by atoms with van der Waals surface area (Å²) in [6.07, 6.45) is 3.57. The molecule has 0 fully saturated rings. The van der Waals surface area contributed by atoms with Crippen molar-refractivity contribution in [3.63, 3.8) is 0 Å². The van der Waals surface area contributed by atoms with E-state index < -0.39 is 11.7 Å². The Hall–Kier alpha value is -3.45. The van der Waals surface area contributed by atoms with Crippen molar-refractivity contribution in [1.82, 2.24) is 15.6 Å². The SMILES string of the molecule is O=C(CCNC(=O)c1ccc(F)cc1Cl)NCc1ccc(OCc2cccnc2)cc1. The summed E-state index contributed by atoms with van der Waals surface area (Å²) in [4.78, 5) is 28.1. The van der Waals surface area contributed by atoms with E-state index >= 15 is 0 Å². The number of rotatable bonds is 9. The third-order valence-corrected chi connectivity index (χ3v) is 4.67. The van der Waals surface area contributed by atoms with Crippen LogP contribution in [0.4, 0.5) is 4.39 Å². The van der Waals surface area contributed by atoms with Crippen LogP contribution in [0, 0.1) is 5.82 Å². The molecule has 2 aromatic carbocycles. The summed E-state index contributed by atoms with van der Waals surface area (Å²) in [6.45, 7) is 0.928. The Kier molecular flexibility index (Phi) is 7.95. The fourth-order valence-electron chi connectivity index (χ4n) is 2.70. The van der Waals surface area contributed by atoms with Gasteiger partial charge in [0.25, 0.3) is 5.91 Å². The molecule has 3 rings (SSSR count). The predicted molar refractivity (Wildman–Crippen MR) is 115 cm³/mol. The summed E-state index contributed by atoms with van der Waals surface area (Å²) < 4.78 is 18.7. The van der Waals surface area contributed by atoms with E-state index in [-0.39, 0.29) is 29.5 Å². The van der Waals surface area contributed by atoms with Gasteiger partial charge < -0.3 is 15.4 Å². The lowest BCUT2D eigenvalue weighted by Gasteiger charge is -2.09. The number of hydrogen-bond donors (Lipinski definition) is 2. The Morgan fingerprint density at radius 1 is 1.03 bits per heavy atom. The van der Waals surface area contributed by atoms with Crippen molar-refractivity contribution in [2.45, 2.75) is 19.6 Å². The highest BCUT2D eigenvalue weighted by molar-refractivity contribution is 6.33. The van der Waals surface area contributed by atoms with E-state index in [9.17, 15) is 14.0 Å². The highest BCUT2D eigenvalue weighted by atomic mass is 35.5. The van der Waals surface area contributed by atoms with Crippen molar-refractivity contribution >= 4 is 23.4 Å². The maximum Gasteiger partial charge on any atom is 0.252 e. The van der Waals surface area contributed by atoms with E-state index in [1.165, 1.54) is 6.07 Å². The highest BCUT2D eigenvalue weighted by Gasteiger charge is 2.11. The van der Waals surface area contributed by atoms with Crippen LogP contribution >= 0.6 is 11.6 Å². The molecule has 2 amide bonds. The molecule has 160 valence electrons. The van der Waals surface area contributed by atoms with Gasteiger partial charge in [-0.2, -0.15) is 0 Å². The van der Waals surface area contributed by atoms with Gasteiger partial charge in [-0.25, -0.2) is 4.39 Å². The lowest BCUT2D eigenvalue weighted by atomic mass is 10.2. The molecule has 0 bridgehead atoms. The van der Waals surface area contributed by atoms with Crippen molar-refractivity contribution in [2.75, 3.05) is 6.54 Å². The second-order valence-corrected chi connectivity index (χ2v) is 7.11. The fraction of sp³-hybridized carbons (Fsp3) is 0.174. The van der Waals surface area contributed by atoms with Gasteiger partial charge in [-0.05, 0) is 42.0 Å². The second-order valence-electron chi connectivity index (χ2n) is 6.70. The topological polar surface area (TPSA) is 80.3 Å². The molecule has 0 radical (unpaired) electrons. The molecule has 0 aliphatic rings. The summed E-state index contributed by atoms with van der Waals surface area (Å²) in [7, 11) is 0. The first-order chi connectivity index (χ1) is 15.0. The number of hydrogen-bond acceptors (Lipinski definition) is 4. The monoisotopic (exact) mass is 441 g/mol. The molecule has 0 spiro atoms. The van der Waals surface area contributed by atoms with Gasteiger partial charge in [0.2, 0.25) is 5.91 Å². The molecule has 8 heteroatoms. The number of ether oxygens (including phenoxy) is 1. The Morgan fingerprint density at radius 2 is 1.84 bits per heavy atom. The zero-order valence-corrected chi connectivity index (χ0v) is 17.4. The van der Waals surface area contributed by atoms with Crippen LogP contribution in [0.15, 0.2) is 67.0 Å². The quantitative estimate of drug-likeness (QED) is 0.528. The number of aromatic nitrogens is 1. The number of benzene rings is 2. The Bertz CT molecular complexity index is 1030. The molecule has 1 aromatic heterocycles. The minimum Gasteiger partial charge on any atom is -0.489 e. The third kappa shape index (κ3) is 7.08. The normalized spacial score (nSPS) is 10.4. The zero-order chi connectivity index (χ0) is 22.1. The van der Waals surface area contributed by atoms with Gasteiger partial charge >= 0.3 is 0 Å². The standard InChI is InChI=1S/C23H21ClFN3O3/c24-21-12-18(25)5-8-20(21)23(30)27-11-9-22(29)28-14-16-3-6-19(7-4-16)31-15-17-2-1-10-26-13-17/h1-8,10,12-13H,9,11,14-15H2,(H,27,30)(H,28,29). The van der Waals surface area contributed by atoms with Gasteiger partial charge in [-0.3, -0.25) is 14.6 Å². The van der Waals surface area contributed by atoms with Crippen molar-refractivity contribution in [2.24, 2.45) is 0 Å². The van der Waals surface area contributed by atoms with Gasteiger partial charge in [0.05, 0.1) is 10.6 Å². The molecule has 3 aromatic rings. The molecular formula is C23H21ClFN3O3. The third-order valence-electron chi connectivity index (χ3n) is 4.35. The fourth-order valence-corrected chi connectivity index (χ4v) is 2.95. The van der Waals surface area contributed by atoms with Crippen molar-refractivity contribution < 1.29 is 18.7 Å². The molecule has 0 unspecified atom stereocenters. The largest absolute Gasteiger partial charge is 0.489 e. The first kappa shape index (κ1) is 22.2. The van der Waals surface area contributed by atoms with Crippen molar-refractivity contribution in [1.29, 1.82) is 0 Å². The van der Waals surface area contributed by atoms with Crippen molar-refractivity contribution in [3.05, 3.63) is 94.5 Å². The van der Waals surface area contributed by atoms with Crippen LogP contribution in [0.2, 0.25) is 5.02 Å². The highest BCUT2D eigenvalue weighted by Crippen LogP contribution is 2.17.